The summed E-state index contributed by atoms with van der Waals surface area (Å²) >= 11 is 5.84. The molecule has 0 aromatic heterocycles. The smallest absolute Gasteiger partial charge is 0.241 e. The van der Waals surface area contributed by atoms with Crippen LogP contribution in [0.2, 0.25) is 5.02 Å². The van der Waals surface area contributed by atoms with Crippen molar-refractivity contribution in [3.63, 3.8) is 0 Å². The Morgan fingerprint density at radius 3 is 2.25 bits per heavy atom. The highest BCUT2D eigenvalue weighted by molar-refractivity contribution is 6.30. The van der Waals surface area contributed by atoms with Gasteiger partial charge in [0, 0.05) is 38.3 Å². The van der Waals surface area contributed by atoms with Gasteiger partial charge < -0.3 is 20.3 Å². The lowest BCUT2D eigenvalue weighted by Crippen LogP contribution is -2.55. The van der Waals surface area contributed by atoms with Gasteiger partial charge in [0.25, 0.3) is 0 Å². The number of carbonyl (C=O) groups is 2. The van der Waals surface area contributed by atoms with Crippen LogP contribution in [0.1, 0.15) is 5.56 Å². The maximum Gasteiger partial charge on any atom is 0.241 e. The Kier molecular flexibility index (Phi) is 8.48. The van der Waals surface area contributed by atoms with Gasteiger partial charge in [-0.25, -0.2) is 0 Å². The number of benzene rings is 1. The van der Waals surface area contributed by atoms with E-state index in [0.29, 0.717) is 37.6 Å². The molecule has 1 aromatic rings. The van der Waals surface area contributed by atoms with E-state index < -0.39 is 6.04 Å². The highest BCUT2D eigenvalue weighted by Crippen LogP contribution is 2.12. The zero-order chi connectivity index (χ0) is 16.8. The monoisotopic (exact) mass is 375 g/mol. The molecule has 134 valence electrons. The van der Waals surface area contributed by atoms with E-state index in [1.807, 2.05) is 12.1 Å². The second-order valence-electron chi connectivity index (χ2n) is 5.57. The van der Waals surface area contributed by atoms with Gasteiger partial charge in [-0.15, -0.1) is 12.4 Å². The second-order valence-corrected chi connectivity index (χ2v) is 6.01. The minimum atomic E-state index is -0.642. The number of carbonyl (C=O) groups excluding carboxylic acids is 2. The number of nitrogens with zero attached hydrogens (tertiary/aromatic N) is 2. The van der Waals surface area contributed by atoms with Crippen LogP contribution < -0.4 is 5.73 Å². The van der Waals surface area contributed by atoms with Crippen molar-refractivity contribution in [2.24, 2.45) is 5.73 Å². The summed E-state index contributed by atoms with van der Waals surface area (Å²) in [5.41, 5.74) is 6.69. The SMILES string of the molecule is COCC(N)C(=O)N1CCN(C(=O)Cc2ccc(Cl)cc2)CC1.Cl. The zero-order valence-electron chi connectivity index (χ0n) is 13.6. The molecule has 0 aliphatic carbocycles. The Morgan fingerprint density at radius 2 is 1.71 bits per heavy atom. The molecule has 0 bridgehead atoms. The van der Waals surface area contributed by atoms with Crippen molar-refractivity contribution < 1.29 is 14.3 Å². The molecule has 2 amide bonds. The van der Waals surface area contributed by atoms with Crippen molar-refractivity contribution in [2.45, 2.75) is 12.5 Å². The molecule has 0 spiro atoms. The van der Waals surface area contributed by atoms with Gasteiger partial charge in [-0.2, -0.15) is 0 Å². The van der Waals surface area contributed by atoms with Crippen LogP contribution in [-0.2, 0) is 20.7 Å². The number of hydrogen-bond acceptors (Lipinski definition) is 4. The van der Waals surface area contributed by atoms with Gasteiger partial charge >= 0.3 is 0 Å². The summed E-state index contributed by atoms with van der Waals surface area (Å²) in [5, 5.41) is 0.653. The highest BCUT2D eigenvalue weighted by atomic mass is 35.5. The third-order valence-corrected chi connectivity index (χ3v) is 4.13. The third kappa shape index (κ3) is 5.63. The van der Waals surface area contributed by atoms with E-state index in [4.69, 9.17) is 22.1 Å². The van der Waals surface area contributed by atoms with E-state index in [-0.39, 0.29) is 30.8 Å². The lowest BCUT2D eigenvalue weighted by molar-refractivity contribution is -0.140. The summed E-state index contributed by atoms with van der Waals surface area (Å²) in [4.78, 5) is 27.9. The first-order chi connectivity index (χ1) is 11.0. The molecule has 8 heteroatoms. The molecule has 1 aliphatic rings. The van der Waals surface area contributed by atoms with Crippen LogP contribution in [0.25, 0.3) is 0 Å². The molecule has 1 atom stereocenters. The van der Waals surface area contributed by atoms with Crippen molar-refractivity contribution in [3.8, 4) is 0 Å². The van der Waals surface area contributed by atoms with Crippen molar-refractivity contribution in [1.29, 1.82) is 0 Å². The maximum atomic E-state index is 12.3. The molecule has 2 rings (SSSR count). The van der Waals surface area contributed by atoms with E-state index in [0.717, 1.165) is 5.56 Å². The van der Waals surface area contributed by atoms with E-state index in [1.54, 1.807) is 21.9 Å². The summed E-state index contributed by atoms with van der Waals surface area (Å²) in [7, 11) is 1.51. The van der Waals surface area contributed by atoms with Gasteiger partial charge in [-0.1, -0.05) is 23.7 Å². The van der Waals surface area contributed by atoms with E-state index in [1.165, 1.54) is 7.11 Å². The Balaban J connectivity index is 0.00000288. The van der Waals surface area contributed by atoms with Crippen LogP contribution in [0.3, 0.4) is 0 Å². The van der Waals surface area contributed by atoms with Crippen molar-refractivity contribution in [3.05, 3.63) is 34.9 Å². The molecule has 1 fully saturated rings. The fraction of sp³-hybridized carbons (Fsp3) is 0.500. The third-order valence-electron chi connectivity index (χ3n) is 3.88. The zero-order valence-corrected chi connectivity index (χ0v) is 15.2. The lowest BCUT2D eigenvalue weighted by Gasteiger charge is -2.36. The predicted molar refractivity (Wildman–Crippen MR) is 95.4 cm³/mol. The van der Waals surface area contributed by atoms with Gasteiger partial charge in [-0.3, -0.25) is 9.59 Å². The number of amides is 2. The van der Waals surface area contributed by atoms with E-state index >= 15 is 0 Å². The summed E-state index contributed by atoms with van der Waals surface area (Å²) in [6, 6.07) is 6.61. The molecule has 6 nitrogen and oxygen atoms in total. The number of piperazine rings is 1. The highest BCUT2D eigenvalue weighted by Gasteiger charge is 2.27. The Bertz CT molecular complexity index is 546. The minimum absolute atomic E-state index is 0. The largest absolute Gasteiger partial charge is 0.383 e. The fourth-order valence-electron chi connectivity index (χ4n) is 2.55. The Labute approximate surface area is 153 Å². The number of ether oxygens (including phenoxy) is 1. The Hall–Kier alpha value is -1.34. The average Bonchev–Trinajstić information content (AvgIpc) is 2.56. The lowest BCUT2D eigenvalue weighted by atomic mass is 10.1. The Morgan fingerprint density at radius 1 is 1.17 bits per heavy atom. The molecule has 1 aromatic carbocycles. The molecule has 2 N–H and O–H groups in total. The second kappa shape index (κ2) is 9.84. The number of hydrogen-bond donors (Lipinski definition) is 1. The standard InChI is InChI=1S/C16H22ClN3O3.ClH/c1-23-11-14(18)16(22)20-8-6-19(7-9-20)15(21)10-12-2-4-13(17)5-3-12;/h2-5,14H,6-11,18H2,1H3;1H. The van der Waals surface area contributed by atoms with Gasteiger partial charge in [0.15, 0.2) is 0 Å². The minimum Gasteiger partial charge on any atom is -0.383 e. The predicted octanol–water partition coefficient (Wildman–Crippen LogP) is 0.949. The van der Waals surface area contributed by atoms with Crippen LogP contribution >= 0.6 is 24.0 Å². The fourth-order valence-corrected chi connectivity index (χ4v) is 2.68. The molecule has 0 radical (unpaired) electrons. The molecule has 0 saturated carbocycles. The summed E-state index contributed by atoms with van der Waals surface area (Å²) in [6.45, 7) is 2.26. The molecule has 24 heavy (non-hydrogen) atoms. The van der Waals surface area contributed by atoms with Gasteiger partial charge in [0.2, 0.25) is 11.8 Å². The number of rotatable bonds is 5. The molecule has 1 heterocycles. The summed E-state index contributed by atoms with van der Waals surface area (Å²) in [6.07, 6.45) is 0.342. The van der Waals surface area contributed by atoms with Crippen molar-refractivity contribution in [1.82, 2.24) is 9.80 Å². The molecular weight excluding hydrogens is 353 g/mol. The summed E-state index contributed by atoms with van der Waals surface area (Å²) in [5.74, 6) is -0.0720. The number of methoxy groups -OCH3 is 1. The maximum absolute atomic E-state index is 12.3. The number of halogens is 2. The topological polar surface area (TPSA) is 75.9 Å². The van der Waals surface area contributed by atoms with Crippen molar-refractivity contribution in [2.75, 3.05) is 39.9 Å². The van der Waals surface area contributed by atoms with Gasteiger partial charge in [0.1, 0.15) is 6.04 Å². The van der Waals surface area contributed by atoms with Crippen LogP contribution in [0.4, 0.5) is 0 Å². The molecule has 1 unspecified atom stereocenters. The molecule has 1 aliphatic heterocycles. The van der Waals surface area contributed by atoms with Crippen LogP contribution in [-0.4, -0.2) is 67.6 Å². The average molecular weight is 376 g/mol. The first-order valence-corrected chi connectivity index (χ1v) is 7.94. The first-order valence-electron chi connectivity index (χ1n) is 7.57. The number of nitrogens with two attached hydrogens (primary N) is 1. The first kappa shape index (κ1) is 20.7. The summed E-state index contributed by atoms with van der Waals surface area (Å²) < 4.78 is 4.90. The quantitative estimate of drug-likeness (QED) is 0.830. The van der Waals surface area contributed by atoms with Crippen LogP contribution in [0.15, 0.2) is 24.3 Å². The molecular formula is C16H23Cl2N3O3. The van der Waals surface area contributed by atoms with E-state index in [2.05, 4.69) is 0 Å². The van der Waals surface area contributed by atoms with Crippen LogP contribution in [0.5, 0.6) is 0 Å². The van der Waals surface area contributed by atoms with Crippen LogP contribution in [0, 0.1) is 0 Å². The van der Waals surface area contributed by atoms with Gasteiger partial charge in [0.05, 0.1) is 13.0 Å². The van der Waals surface area contributed by atoms with E-state index in [9.17, 15) is 9.59 Å². The molecule has 1 saturated heterocycles. The normalized spacial score (nSPS) is 15.6. The van der Waals surface area contributed by atoms with Gasteiger partial charge in [-0.05, 0) is 17.7 Å². The van der Waals surface area contributed by atoms with Crippen molar-refractivity contribution >= 4 is 35.8 Å².